The zero-order valence-corrected chi connectivity index (χ0v) is 13.4. The van der Waals surface area contributed by atoms with E-state index in [4.69, 9.17) is 5.73 Å². The highest BCUT2D eigenvalue weighted by Crippen LogP contribution is 2.39. The van der Waals surface area contributed by atoms with Crippen LogP contribution in [0.4, 0.5) is 10.5 Å². The summed E-state index contributed by atoms with van der Waals surface area (Å²) >= 11 is 0. The Kier molecular flexibility index (Phi) is 4.35. The molecular weight excluding hydrogens is 286 g/mol. The van der Waals surface area contributed by atoms with Crippen molar-refractivity contribution in [3.05, 3.63) is 54.1 Å². The first-order chi connectivity index (χ1) is 11.1. The minimum atomic E-state index is -0.182. The van der Waals surface area contributed by atoms with E-state index in [2.05, 4.69) is 34.9 Å². The van der Waals surface area contributed by atoms with Gasteiger partial charge < -0.3 is 16.4 Å². The Morgan fingerprint density at radius 2 is 1.61 bits per heavy atom. The molecule has 120 valence electrons. The minimum Gasteiger partial charge on any atom is -0.338 e. The van der Waals surface area contributed by atoms with Gasteiger partial charge in [-0.05, 0) is 55.0 Å². The topological polar surface area (TPSA) is 67.2 Å². The Morgan fingerprint density at radius 3 is 2.09 bits per heavy atom. The third-order valence-corrected chi connectivity index (χ3v) is 4.52. The summed E-state index contributed by atoms with van der Waals surface area (Å²) in [4.78, 5) is 11.5. The molecule has 2 aromatic rings. The predicted octanol–water partition coefficient (Wildman–Crippen LogP) is 3.83. The van der Waals surface area contributed by atoms with Crippen molar-refractivity contribution in [1.29, 1.82) is 0 Å². The first kappa shape index (κ1) is 15.6. The number of anilines is 1. The van der Waals surface area contributed by atoms with Gasteiger partial charge in [0, 0.05) is 17.8 Å². The SMILES string of the molecule is CCNC(=O)Nc1ccc(-c2ccc(C3(N)CCC3)cc2)cc1. The monoisotopic (exact) mass is 309 g/mol. The fourth-order valence-electron chi connectivity index (χ4n) is 2.92. The maximum Gasteiger partial charge on any atom is 0.319 e. The summed E-state index contributed by atoms with van der Waals surface area (Å²) in [5, 5.41) is 5.51. The second kappa shape index (κ2) is 6.42. The summed E-state index contributed by atoms with van der Waals surface area (Å²) in [5.74, 6) is 0. The molecule has 0 unspecified atom stereocenters. The van der Waals surface area contributed by atoms with E-state index in [1.54, 1.807) is 0 Å². The van der Waals surface area contributed by atoms with Crippen molar-refractivity contribution in [3.8, 4) is 11.1 Å². The molecule has 0 heterocycles. The second-order valence-electron chi connectivity index (χ2n) is 6.15. The molecule has 23 heavy (non-hydrogen) atoms. The van der Waals surface area contributed by atoms with E-state index in [-0.39, 0.29) is 11.6 Å². The molecule has 0 atom stereocenters. The van der Waals surface area contributed by atoms with Crippen LogP contribution in [0.3, 0.4) is 0 Å². The Labute approximate surface area is 137 Å². The summed E-state index contributed by atoms with van der Waals surface area (Å²) in [6.07, 6.45) is 3.37. The molecule has 0 radical (unpaired) electrons. The lowest BCUT2D eigenvalue weighted by molar-refractivity contribution is 0.252. The average molecular weight is 309 g/mol. The number of rotatable bonds is 4. The molecule has 3 rings (SSSR count). The molecule has 0 saturated heterocycles. The predicted molar refractivity (Wildman–Crippen MR) is 94.3 cm³/mol. The smallest absolute Gasteiger partial charge is 0.319 e. The van der Waals surface area contributed by atoms with Crippen molar-refractivity contribution in [2.45, 2.75) is 31.7 Å². The number of hydrogen-bond donors (Lipinski definition) is 3. The highest BCUT2D eigenvalue weighted by molar-refractivity contribution is 5.89. The summed E-state index contributed by atoms with van der Waals surface area (Å²) in [6, 6.07) is 16.2. The van der Waals surface area contributed by atoms with Crippen molar-refractivity contribution >= 4 is 11.7 Å². The summed E-state index contributed by atoms with van der Waals surface area (Å²) in [6.45, 7) is 2.50. The maximum absolute atomic E-state index is 11.5. The summed E-state index contributed by atoms with van der Waals surface area (Å²) in [7, 11) is 0. The van der Waals surface area contributed by atoms with E-state index >= 15 is 0 Å². The Hall–Kier alpha value is -2.33. The van der Waals surface area contributed by atoms with Gasteiger partial charge in [0.1, 0.15) is 0 Å². The molecule has 1 aliphatic rings. The van der Waals surface area contributed by atoms with Crippen LogP contribution < -0.4 is 16.4 Å². The third kappa shape index (κ3) is 3.37. The van der Waals surface area contributed by atoms with Gasteiger partial charge in [-0.25, -0.2) is 4.79 Å². The van der Waals surface area contributed by atoms with Crippen molar-refractivity contribution in [2.24, 2.45) is 5.73 Å². The minimum absolute atomic E-state index is 0.112. The van der Waals surface area contributed by atoms with E-state index in [0.29, 0.717) is 6.54 Å². The first-order valence-electron chi connectivity index (χ1n) is 8.15. The molecular formula is C19H23N3O. The Morgan fingerprint density at radius 1 is 1.04 bits per heavy atom. The molecule has 0 aliphatic heterocycles. The molecule has 0 spiro atoms. The van der Waals surface area contributed by atoms with E-state index in [9.17, 15) is 4.79 Å². The zero-order valence-electron chi connectivity index (χ0n) is 13.4. The third-order valence-electron chi connectivity index (χ3n) is 4.52. The van der Waals surface area contributed by atoms with E-state index < -0.39 is 0 Å². The fourth-order valence-corrected chi connectivity index (χ4v) is 2.92. The lowest BCUT2D eigenvalue weighted by Crippen LogP contribution is -2.43. The van der Waals surface area contributed by atoms with Gasteiger partial charge in [-0.1, -0.05) is 36.4 Å². The number of nitrogens with one attached hydrogen (secondary N) is 2. The number of nitrogens with two attached hydrogens (primary N) is 1. The van der Waals surface area contributed by atoms with Crippen molar-refractivity contribution < 1.29 is 4.79 Å². The van der Waals surface area contributed by atoms with Crippen LogP contribution in [-0.4, -0.2) is 12.6 Å². The maximum atomic E-state index is 11.5. The van der Waals surface area contributed by atoms with Crippen LogP contribution in [0.2, 0.25) is 0 Å². The summed E-state index contributed by atoms with van der Waals surface area (Å²) < 4.78 is 0. The van der Waals surface area contributed by atoms with Crippen LogP contribution in [-0.2, 0) is 5.54 Å². The number of carbonyl (C=O) groups is 1. The molecule has 1 aliphatic carbocycles. The molecule has 0 bridgehead atoms. The van der Waals surface area contributed by atoms with Crippen LogP contribution in [0.5, 0.6) is 0 Å². The molecule has 0 aromatic heterocycles. The van der Waals surface area contributed by atoms with E-state index in [1.807, 2.05) is 31.2 Å². The van der Waals surface area contributed by atoms with Crippen LogP contribution in [0.1, 0.15) is 31.7 Å². The van der Waals surface area contributed by atoms with Gasteiger partial charge in [-0.3, -0.25) is 0 Å². The van der Waals surface area contributed by atoms with Crippen molar-refractivity contribution in [2.75, 3.05) is 11.9 Å². The van der Waals surface area contributed by atoms with Gasteiger partial charge in [0.05, 0.1) is 0 Å². The molecule has 4 nitrogen and oxygen atoms in total. The largest absolute Gasteiger partial charge is 0.338 e. The quantitative estimate of drug-likeness (QED) is 0.803. The van der Waals surface area contributed by atoms with Crippen LogP contribution in [0.25, 0.3) is 11.1 Å². The van der Waals surface area contributed by atoms with Gasteiger partial charge >= 0.3 is 6.03 Å². The zero-order chi connectivity index (χ0) is 16.3. The fraction of sp³-hybridized carbons (Fsp3) is 0.316. The molecule has 4 heteroatoms. The standard InChI is InChI=1S/C19H23N3O/c1-2-21-18(23)22-17-10-6-15(7-11-17)14-4-8-16(9-5-14)19(20)12-3-13-19/h4-11H,2-3,12-13,20H2,1H3,(H2,21,22,23). The number of urea groups is 1. The molecule has 4 N–H and O–H groups in total. The molecule has 2 aromatic carbocycles. The van der Waals surface area contributed by atoms with Gasteiger partial charge in [-0.15, -0.1) is 0 Å². The summed E-state index contributed by atoms with van der Waals surface area (Å²) in [5.41, 5.74) is 10.5. The highest BCUT2D eigenvalue weighted by Gasteiger charge is 2.33. The Bertz CT molecular complexity index is 673. The van der Waals surface area contributed by atoms with E-state index in [1.165, 1.54) is 12.0 Å². The number of hydrogen-bond acceptors (Lipinski definition) is 2. The first-order valence-corrected chi connectivity index (χ1v) is 8.15. The lowest BCUT2D eigenvalue weighted by Gasteiger charge is -2.38. The molecule has 2 amide bonds. The van der Waals surface area contributed by atoms with Gasteiger partial charge in [0.25, 0.3) is 0 Å². The Balaban J connectivity index is 1.70. The second-order valence-corrected chi connectivity index (χ2v) is 6.15. The van der Waals surface area contributed by atoms with Crippen LogP contribution in [0, 0.1) is 0 Å². The van der Waals surface area contributed by atoms with Crippen molar-refractivity contribution in [1.82, 2.24) is 5.32 Å². The number of carbonyl (C=O) groups excluding carboxylic acids is 1. The normalized spacial score (nSPS) is 15.6. The van der Waals surface area contributed by atoms with Gasteiger partial charge in [-0.2, -0.15) is 0 Å². The van der Waals surface area contributed by atoms with Crippen LogP contribution in [0.15, 0.2) is 48.5 Å². The van der Waals surface area contributed by atoms with E-state index in [0.717, 1.165) is 29.7 Å². The average Bonchev–Trinajstić information content (AvgIpc) is 2.54. The lowest BCUT2D eigenvalue weighted by atomic mass is 9.72. The van der Waals surface area contributed by atoms with Gasteiger partial charge in [0.2, 0.25) is 0 Å². The number of benzene rings is 2. The van der Waals surface area contributed by atoms with Gasteiger partial charge in [0.15, 0.2) is 0 Å². The van der Waals surface area contributed by atoms with Crippen molar-refractivity contribution in [3.63, 3.8) is 0 Å². The highest BCUT2D eigenvalue weighted by atomic mass is 16.2. The molecule has 1 fully saturated rings. The number of amides is 2. The molecule has 1 saturated carbocycles. The van der Waals surface area contributed by atoms with Crippen LogP contribution >= 0.6 is 0 Å².